The van der Waals surface area contributed by atoms with Crippen LogP contribution < -0.4 is 9.47 Å². The third-order valence-corrected chi connectivity index (χ3v) is 4.65. The number of para-hydroxylation sites is 1. The molecule has 0 bridgehead atoms. The Hall–Kier alpha value is -3.48. The van der Waals surface area contributed by atoms with Gasteiger partial charge < -0.3 is 14.2 Å². The lowest BCUT2D eigenvalue weighted by Gasteiger charge is -2.20. The van der Waals surface area contributed by atoms with Crippen LogP contribution in [0.3, 0.4) is 0 Å². The quantitative estimate of drug-likeness (QED) is 0.356. The largest absolute Gasteiger partial charge is 0.573 e. The van der Waals surface area contributed by atoms with E-state index in [0.29, 0.717) is 17.1 Å². The Morgan fingerprint density at radius 1 is 0.844 bits per heavy atom. The van der Waals surface area contributed by atoms with Crippen LogP contribution in [0.2, 0.25) is 0 Å². The monoisotopic (exact) mass is 444 g/mol. The average molecular weight is 444 g/mol. The summed E-state index contributed by atoms with van der Waals surface area (Å²) in [5, 5.41) is 0. The Bertz CT molecular complexity index is 1020. The molecule has 0 aliphatic carbocycles. The molecule has 7 heteroatoms. The summed E-state index contributed by atoms with van der Waals surface area (Å²) in [6, 6.07) is 21.8. The van der Waals surface area contributed by atoms with Crippen molar-refractivity contribution >= 4 is 5.97 Å². The predicted molar refractivity (Wildman–Crippen MR) is 113 cm³/mol. The number of hydrogen-bond donors (Lipinski definition) is 0. The standard InChI is InChI=1S/C25H23F3O4/c1-17(2)23(19-11-13-21(14-12-19)32-25(26,27)28)24(29)30-16-18-7-6-10-22(15-18)31-20-8-4-3-5-9-20/h3-15,17,23H,16H2,1-2H3. The van der Waals surface area contributed by atoms with Crippen LogP contribution >= 0.6 is 0 Å². The molecule has 0 saturated heterocycles. The van der Waals surface area contributed by atoms with E-state index in [1.165, 1.54) is 24.3 Å². The molecule has 0 saturated carbocycles. The zero-order valence-corrected chi connectivity index (χ0v) is 17.6. The molecule has 0 N–H and O–H groups in total. The van der Waals surface area contributed by atoms with Crippen LogP contribution in [0.25, 0.3) is 0 Å². The zero-order valence-electron chi connectivity index (χ0n) is 17.6. The van der Waals surface area contributed by atoms with E-state index in [9.17, 15) is 18.0 Å². The van der Waals surface area contributed by atoms with Gasteiger partial charge in [-0.3, -0.25) is 4.79 Å². The maximum atomic E-state index is 12.8. The number of benzene rings is 3. The number of carbonyl (C=O) groups is 1. The molecule has 0 radical (unpaired) electrons. The van der Waals surface area contributed by atoms with E-state index < -0.39 is 18.2 Å². The van der Waals surface area contributed by atoms with Crippen molar-refractivity contribution in [1.29, 1.82) is 0 Å². The van der Waals surface area contributed by atoms with E-state index in [2.05, 4.69) is 4.74 Å². The zero-order chi connectivity index (χ0) is 23.1. The first-order valence-corrected chi connectivity index (χ1v) is 10.1. The van der Waals surface area contributed by atoms with Gasteiger partial charge in [-0.1, -0.05) is 56.3 Å². The molecule has 0 heterocycles. The second-order valence-corrected chi connectivity index (χ2v) is 7.51. The summed E-state index contributed by atoms with van der Waals surface area (Å²) >= 11 is 0. The molecule has 3 aromatic rings. The van der Waals surface area contributed by atoms with Gasteiger partial charge in [0.15, 0.2) is 0 Å². The molecule has 3 aromatic carbocycles. The van der Waals surface area contributed by atoms with Gasteiger partial charge >= 0.3 is 12.3 Å². The summed E-state index contributed by atoms with van der Waals surface area (Å²) in [6.07, 6.45) is -4.77. The van der Waals surface area contributed by atoms with Gasteiger partial charge in [-0.05, 0) is 53.4 Å². The molecule has 0 fully saturated rings. The number of rotatable bonds is 8. The van der Waals surface area contributed by atoms with Crippen molar-refractivity contribution in [3.05, 3.63) is 90.0 Å². The summed E-state index contributed by atoms with van der Waals surface area (Å²) in [5.41, 5.74) is 1.31. The van der Waals surface area contributed by atoms with Crippen LogP contribution in [-0.2, 0) is 16.1 Å². The van der Waals surface area contributed by atoms with Crippen LogP contribution in [-0.4, -0.2) is 12.3 Å². The summed E-state index contributed by atoms with van der Waals surface area (Å²) in [5.74, 6) is -0.237. The summed E-state index contributed by atoms with van der Waals surface area (Å²) in [7, 11) is 0. The molecular formula is C25H23F3O4. The second kappa shape index (κ2) is 10.2. The minimum Gasteiger partial charge on any atom is -0.460 e. The molecule has 0 spiro atoms. The van der Waals surface area contributed by atoms with E-state index in [0.717, 1.165) is 5.56 Å². The van der Waals surface area contributed by atoms with Crippen LogP contribution in [0.1, 0.15) is 30.9 Å². The highest BCUT2D eigenvalue weighted by molar-refractivity contribution is 5.78. The van der Waals surface area contributed by atoms with E-state index in [4.69, 9.17) is 9.47 Å². The van der Waals surface area contributed by atoms with Gasteiger partial charge in [-0.15, -0.1) is 13.2 Å². The van der Waals surface area contributed by atoms with Crippen molar-refractivity contribution in [2.45, 2.75) is 32.7 Å². The Morgan fingerprint density at radius 3 is 2.12 bits per heavy atom. The first-order valence-electron chi connectivity index (χ1n) is 10.1. The molecule has 3 rings (SSSR count). The maximum Gasteiger partial charge on any atom is 0.573 e. The predicted octanol–water partition coefficient (Wildman–Crippen LogP) is 6.86. The highest BCUT2D eigenvalue weighted by Gasteiger charge is 2.31. The number of carbonyl (C=O) groups excluding carboxylic acids is 1. The fourth-order valence-corrected chi connectivity index (χ4v) is 3.24. The first kappa shape index (κ1) is 23.2. The van der Waals surface area contributed by atoms with E-state index >= 15 is 0 Å². The van der Waals surface area contributed by atoms with Crippen molar-refractivity contribution in [1.82, 2.24) is 0 Å². The van der Waals surface area contributed by atoms with E-state index in [1.54, 1.807) is 18.2 Å². The maximum absolute atomic E-state index is 12.8. The Kier molecular flexibility index (Phi) is 7.41. The average Bonchev–Trinajstić information content (AvgIpc) is 2.73. The fraction of sp³-hybridized carbons (Fsp3) is 0.240. The lowest BCUT2D eigenvalue weighted by Crippen LogP contribution is -2.21. The summed E-state index contributed by atoms with van der Waals surface area (Å²) < 4.78 is 52.3. The number of hydrogen-bond acceptors (Lipinski definition) is 4. The minimum absolute atomic E-state index is 0.0450. The molecule has 0 aliphatic heterocycles. The smallest absolute Gasteiger partial charge is 0.460 e. The Morgan fingerprint density at radius 2 is 1.50 bits per heavy atom. The number of alkyl halides is 3. The fourth-order valence-electron chi connectivity index (χ4n) is 3.24. The van der Waals surface area contributed by atoms with Crippen molar-refractivity contribution in [3.8, 4) is 17.2 Å². The van der Waals surface area contributed by atoms with Gasteiger partial charge in [0.05, 0.1) is 5.92 Å². The van der Waals surface area contributed by atoms with Gasteiger partial charge in [-0.25, -0.2) is 0 Å². The van der Waals surface area contributed by atoms with Crippen molar-refractivity contribution in [2.75, 3.05) is 0 Å². The molecule has 4 nitrogen and oxygen atoms in total. The normalized spacial score (nSPS) is 12.3. The van der Waals surface area contributed by atoms with Crippen LogP contribution in [0.15, 0.2) is 78.9 Å². The van der Waals surface area contributed by atoms with Crippen LogP contribution in [0.5, 0.6) is 17.2 Å². The molecule has 0 aromatic heterocycles. The number of halogens is 3. The van der Waals surface area contributed by atoms with Gasteiger partial charge in [0.1, 0.15) is 23.9 Å². The van der Waals surface area contributed by atoms with E-state index in [-0.39, 0.29) is 18.3 Å². The Balaban J connectivity index is 1.65. The molecule has 0 amide bonds. The third-order valence-electron chi connectivity index (χ3n) is 4.65. The number of esters is 1. The van der Waals surface area contributed by atoms with Crippen LogP contribution in [0.4, 0.5) is 13.2 Å². The SMILES string of the molecule is CC(C)C(C(=O)OCc1cccc(Oc2ccccc2)c1)c1ccc(OC(F)(F)F)cc1. The van der Waals surface area contributed by atoms with E-state index in [1.807, 2.05) is 50.2 Å². The Labute approximate surface area is 184 Å². The van der Waals surface area contributed by atoms with Crippen molar-refractivity contribution in [2.24, 2.45) is 5.92 Å². The summed E-state index contributed by atoms with van der Waals surface area (Å²) in [6.45, 7) is 3.74. The highest BCUT2D eigenvalue weighted by atomic mass is 19.4. The van der Waals surface area contributed by atoms with Crippen LogP contribution in [0, 0.1) is 5.92 Å². The molecule has 168 valence electrons. The lowest BCUT2D eigenvalue weighted by atomic mass is 9.88. The lowest BCUT2D eigenvalue weighted by molar-refractivity contribution is -0.274. The molecule has 0 aliphatic rings. The number of ether oxygens (including phenoxy) is 3. The topological polar surface area (TPSA) is 44.8 Å². The first-order chi connectivity index (χ1) is 15.2. The van der Waals surface area contributed by atoms with Gasteiger partial charge in [0.2, 0.25) is 0 Å². The third kappa shape index (κ3) is 6.77. The highest BCUT2D eigenvalue weighted by Crippen LogP contribution is 2.30. The molecular weight excluding hydrogens is 421 g/mol. The van der Waals surface area contributed by atoms with Gasteiger partial charge in [0.25, 0.3) is 0 Å². The summed E-state index contributed by atoms with van der Waals surface area (Å²) in [4.78, 5) is 12.8. The van der Waals surface area contributed by atoms with Gasteiger partial charge in [0, 0.05) is 0 Å². The molecule has 1 atom stereocenters. The van der Waals surface area contributed by atoms with Crippen molar-refractivity contribution in [3.63, 3.8) is 0 Å². The molecule has 1 unspecified atom stereocenters. The minimum atomic E-state index is -4.77. The van der Waals surface area contributed by atoms with Crippen molar-refractivity contribution < 1.29 is 32.2 Å². The molecule has 32 heavy (non-hydrogen) atoms. The second-order valence-electron chi connectivity index (χ2n) is 7.51. The van der Waals surface area contributed by atoms with Gasteiger partial charge in [-0.2, -0.15) is 0 Å².